The quantitative estimate of drug-likeness (QED) is 0.606. The second-order valence-corrected chi connectivity index (χ2v) is 5.56. The van der Waals surface area contributed by atoms with Crippen molar-refractivity contribution in [2.45, 2.75) is 0 Å². The number of nitrogens with zero attached hydrogens (tertiary/aromatic N) is 5. The Kier molecular flexibility index (Phi) is 5.31. The van der Waals surface area contributed by atoms with Crippen LogP contribution in [0.1, 0.15) is 0 Å². The van der Waals surface area contributed by atoms with Crippen LogP contribution in [-0.4, -0.2) is 76.0 Å². The average Bonchev–Trinajstić information content (AvgIpc) is 3.32. The van der Waals surface area contributed by atoms with Crippen molar-refractivity contribution < 1.29 is 24.2 Å². The predicted molar refractivity (Wildman–Crippen MR) is 92.0 cm³/mol. The van der Waals surface area contributed by atoms with Gasteiger partial charge >= 0.3 is 5.97 Å². The number of aliphatic hydroxyl groups is 1. The minimum atomic E-state index is -0.623. The number of amides is 1. The summed E-state index contributed by atoms with van der Waals surface area (Å²) in [6.45, 7) is -0.0682. The van der Waals surface area contributed by atoms with E-state index in [0.717, 1.165) is 0 Å². The molecule has 0 fully saturated rings. The second kappa shape index (κ2) is 7.83. The summed E-state index contributed by atoms with van der Waals surface area (Å²) in [4.78, 5) is 26.1. The molecule has 27 heavy (non-hydrogen) atoms. The third kappa shape index (κ3) is 3.58. The number of methoxy groups -OCH3 is 2. The molecule has 1 aromatic heterocycles. The molecular formula is C16H18N6O5. The fraction of sp³-hybridized carbons (Fsp3) is 0.312. The summed E-state index contributed by atoms with van der Waals surface area (Å²) in [5, 5.41) is 23.1. The van der Waals surface area contributed by atoms with Gasteiger partial charge in [0.1, 0.15) is 17.8 Å². The molecule has 11 nitrogen and oxygen atoms in total. The van der Waals surface area contributed by atoms with Crippen LogP contribution < -0.4 is 10.1 Å². The van der Waals surface area contributed by atoms with Crippen LogP contribution in [0.25, 0.3) is 5.69 Å². The van der Waals surface area contributed by atoms with Crippen LogP contribution in [0.3, 0.4) is 0 Å². The van der Waals surface area contributed by atoms with E-state index in [1.54, 1.807) is 18.2 Å². The lowest BCUT2D eigenvalue weighted by Gasteiger charge is -2.16. The van der Waals surface area contributed by atoms with Gasteiger partial charge in [0, 0.05) is 6.54 Å². The number of carbonyl (C=O) groups excluding carboxylic acids is 2. The number of anilines is 1. The van der Waals surface area contributed by atoms with Crippen LogP contribution >= 0.6 is 0 Å². The highest BCUT2D eigenvalue weighted by Gasteiger charge is 2.34. The summed E-state index contributed by atoms with van der Waals surface area (Å²) < 4.78 is 11.5. The standard InChI is InChI=1S/C16H18N6O5/c1-26-13-4-3-10(22-9-17-19-20-22)7-12(13)18-14-11(16(25)27-2)8-21(5-6-23)15(14)24/h3-4,7,9,18,23H,5-6,8H2,1-2H3. The monoisotopic (exact) mass is 374 g/mol. The van der Waals surface area contributed by atoms with E-state index in [9.17, 15) is 9.59 Å². The number of hydrogen-bond acceptors (Lipinski definition) is 9. The maximum atomic E-state index is 12.7. The van der Waals surface area contributed by atoms with Crippen LogP contribution in [0, 0.1) is 0 Å². The number of β-amino-alcohol motifs (C(OH)–C–C–N with tert-alkyl or cyclic N) is 1. The number of carbonyl (C=O) groups is 2. The summed E-state index contributed by atoms with van der Waals surface area (Å²) in [6.07, 6.45) is 1.43. The number of benzene rings is 1. The molecule has 142 valence electrons. The van der Waals surface area contributed by atoms with Crippen molar-refractivity contribution in [1.29, 1.82) is 0 Å². The van der Waals surface area contributed by atoms with Gasteiger partial charge in [-0.2, -0.15) is 0 Å². The number of nitrogens with one attached hydrogen (secondary N) is 1. The SMILES string of the molecule is COC(=O)C1=C(Nc2cc(-n3cnnn3)ccc2OC)C(=O)N(CCO)C1. The lowest BCUT2D eigenvalue weighted by molar-refractivity contribution is -0.136. The van der Waals surface area contributed by atoms with Crippen molar-refractivity contribution in [1.82, 2.24) is 25.1 Å². The van der Waals surface area contributed by atoms with Crippen LogP contribution in [0.15, 0.2) is 35.8 Å². The van der Waals surface area contributed by atoms with E-state index in [4.69, 9.17) is 14.6 Å². The Hall–Kier alpha value is -3.47. The van der Waals surface area contributed by atoms with Crippen molar-refractivity contribution >= 4 is 17.6 Å². The van der Waals surface area contributed by atoms with Crippen LogP contribution in [-0.2, 0) is 14.3 Å². The maximum absolute atomic E-state index is 12.7. The van der Waals surface area contributed by atoms with E-state index < -0.39 is 11.9 Å². The summed E-state index contributed by atoms with van der Waals surface area (Å²) in [7, 11) is 2.73. The average molecular weight is 374 g/mol. The lowest BCUT2D eigenvalue weighted by Crippen LogP contribution is -2.31. The molecule has 3 rings (SSSR count). The second-order valence-electron chi connectivity index (χ2n) is 5.56. The molecule has 2 heterocycles. The third-order valence-electron chi connectivity index (χ3n) is 4.01. The first-order chi connectivity index (χ1) is 13.1. The van der Waals surface area contributed by atoms with Crippen molar-refractivity contribution in [2.75, 3.05) is 39.2 Å². The largest absolute Gasteiger partial charge is 0.495 e. The Morgan fingerprint density at radius 3 is 2.81 bits per heavy atom. The molecule has 0 spiro atoms. The van der Waals surface area contributed by atoms with Gasteiger partial charge in [0.05, 0.1) is 44.3 Å². The minimum absolute atomic E-state index is 0.0450. The molecule has 1 aromatic carbocycles. The van der Waals surface area contributed by atoms with Gasteiger partial charge in [-0.15, -0.1) is 5.10 Å². The molecule has 0 saturated heterocycles. The highest BCUT2D eigenvalue weighted by atomic mass is 16.5. The fourth-order valence-electron chi connectivity index (χ4n) is 2.70. The first kappa shape index (κ1) is 18.3. The number of rotatable bonds is 7. The molecule has 11 heteroatoms. The van der Waals surface area contributed by atoms with E-state index in [1.165, 1.54) is 30.1 Å². The molecule has 0 saturated carbocycles. The highest BCUT2D eigenvalue weighted by molar-refractivity contribution is 6.08. The molecular weight excluding hydrogens is 356 g/mol. The van der Waals surface area contributed by atoms with E-state index in [0.29, 0.717) is 17.1 Å². The lowest BCUT2D eigenvalue weighted by atomic mass is 10.2. The highest BCUT2D eigenvalue weighted by Crippen LogP contribution is 2.30. The first-order valence-corrected chi connectivity index (χ1v) is 7.99. The Morgan fingerprint density at radius 1 is 1.37 bits per heavy atom. The number of hydrogen-bond donors (Lipinski definition) is 2. The van der Waals surface area contributed by atoms with Gasteiger partial charge in [0.15, 0.2) is 0 Å². The van der Waals surface area contributed by atoms with E-state index in [1.807, 2.05) is 0 Å². The maximum Gasteiger partial charge on any atom is 0.337 e. The molecule has 0 atom stereocenters. The molecule has 2 aromatic rings. The summed E-state index contributed by atoms with van der Waals surface area (Å²) in [5.41, 5.74) is 1.32. The summed E-state index contributed by atoms with van der Waals surface area (Å²) in [5.74, 6) is -0.585. The Bertz CT molecular complexity index is 879. The minimum Gasteiger partial charge on any atom is -0.495 e. The van der Waals surface area contributed by atoms with E-state index in [2.05, 4.69) is 20.8 Å². The number of aliphatic hydroxyl groups excluding tert-OH is 1. The number of aromatic nitrogens is 4. The smallest absolute Gasteiger partial charge is 0.337 e. The topological polar surface area (TPSA) is 132 Å². The molecule has 0 bridgehead atoms. The normalized spacial score (nSPS) is 13.9. The zero-order valence-corrected chi connectivity index (χ0v) is 14.7. The fourth-order valence-corrected chi connectivity index (χ4v) is 2.70. The molecule has 1 amide bonds. The van der Waals surface area contributed by atoms with E-state index >= 15 is 0 Å². The third-order valence-corrected chi connectivity index (χ3v) is 4.01. The molecule has 0 aliphatic carbocycles. The van der Waals surface area contributed by atoms with Crippen LogP contribution in [0.5, 0.6) is 5.75 Å². The van der Waals surface area contributed by atoms with E-state index in [-0.39, 0.29) is 31.0 Å². The van der Waals surface area contributed by atoms with Gasteiger partial charge in [-0.3, -0.25) is 4.79 Å². The van der Waals surface area contributed by atoms with Crippen molar-refractivity contribution in [3.8, 4) is 11.4 Å². The molecule has 2 N–H and O–H groups in total. The first-order valence-electron chi connectivity index (χ1n) is 7.99. The van der Waals surface area contributed by atoms with Gasteiger partial charge in [-0.05, 0) is 28.6 Å². The van der Waals surface area contributed by atoms with Crippen LogP contribution in [0.4, 0.5) is 5.69 Å². The number of esters is 1. The number of tetrazole rings is 1. The van der Waals surface area contributed by atoms with Gasteiger partial charge < -0.3 is 24.8 Å². The molecule has 0 unspecified atom stereocenters. The van der Waals surface area contributed by atoms with Crippen LogP contribution in [0.2, 0.25) is 0 Å². The van der Waals surface area contributed by atoms with Crippen molar-refractivity contribution in [2.24, 2.45) is 0 Å². The summed E-state index contributed by atoms with van der Waals surface area (Å²) >= 11 is 0. The Labute approximate surface area is 154 Å². The zero-order chi connectivity index (χ0) is 19.4. The molecule has 1 aliphatic rings. The molecule has 1 aliphatic heterocycles. The van der Waals surface area contributed by atoms with Gasteiger partial charge in [0.2, 0.25) is 0 Å². The van der Waals surface area contributed by atoms with Crippen molar-refractivity contribution in [3.63, 3.8) is 0 Å². The zero-order valence-electron chi connectivity index (χ0n) is 14.7. The van der Waals surface area contributed by atoms with Gasteiger partial charge in [-0.1, -0.05) is 0 Å². The summed E-state index contributed by atoms with van der Waals surface area (Å²) in [6, 6.07) is 5.10. The van der Waals surface area contributed by atoms with Gasteiger partial charge in [-0.25, -0.2) is 9.48 Å². The molecule has 0 radical (unpaired) electrons. The van der Waals surface area contributed by atoms with Gasteiger partial charge in [0.25, 0.3) is 5.91 Å². The van der Waals surface area contributed by atoms with Crippen molar-refractivity contribution in [3.05, 3.63) is 35.8 Å². The predicted octanol–water partition coefficient (Wildman–Crippen LogP) is -0.656. The Balaban J connectivity index is 1.99. The Morgan fingerprint density at radius 2 is 2.19 bits per heavy atom. The number of ether oxygens (including phenoxy) is 2.